The minimum absolute atomic E-state index is 0.00900. The summed E-state index contributed by atoms with van der Waals surface area (Å²) in [4.78, 5) is 45.8. The predicted molar refractivity (Wildman–Crippen MR) is 226 cm³/mol. The van der Waals surface area contributed by atoms with Crippen LogP contribution in [0, 0.1) is 0 Å². The number of alkyl halides is 3. The smallest absolute Gasteiger partial charge is 0.379 e. The number of likely N-dealkylation sites (tertiary alicyclic amines) is 1. The number of pyridine rings is 1. The highest BCUT2D eigenvalue weighted by molar-refractivity contribution is 7.99. The van der Waals surface area contributed by atoms with Gasteiger partial charge in [0.1, 0.15) is 24.5 Å². The molecule has 326 valence electrons. The van der Waals surface area contributed by atoms with Crippen molar-refractivity contribution in [1.29, 1.82) is 0 Å². The molecule has 0 radical (unpaired) electrons. The van der Waals surface area contributed by atoms with Gasteiger partial charge >= 0.3 is 6.18 Å². The molecule has 1 aromatic carbocycles. The van der Waals surface area contributed by atoms with Crippen LogP contribution in [0.4, 0.5) is 19.0 Å². The fourth-order valence-electron chi connectivity index (χ4n) is 8.39. The van der Waals surface area contributed by atoms with Gasteiger partial charge in [0.25, 0.3) is 5.91 Å². The average molecular weight is 845 g/mol. The van der Waals surface area contributed by atoms with E-state index in [1.165, 1.54) is 34.6 Å². The predicted octanol–water partition coefficient (Wildman–Crippen LogP) is 8.91. The third kappa shape index (κ3) is 11.5. The fourth-order valence-corrected chi connectivity index (χ4v) is 9.06. The average Bonchev–Trinajstić information content (AvgIpc) is 3.77. The molecule has 0 spiro atoms. The minimum Gasteiger partial charge on any atom is -0.379 e. The van der Waals surface area contributed by atoms with Gasteiger partial charge in [0.2, 0.25) is 11.8 Å². The van der Waals surface area contributed by atoms with Gasteiger partial charge in [-0.3, -0.25) is 24.2 Å². The molecule has 5 heterocycles. The van der Waals surface area contributed by atoms with Crippen molar-refractivity contribution in [2.45, 2.75) is 136 Å². The Bertz CT molecular complexity index is 1870. The number of anilines is 1. The number of halogens is 3. The zero-order chi connectivity index (χ0) is 43.4. The van der Waals surface area contributed by atoms with Crippen LogP contribution in [0.3, 0.4) is 0 Å². The van der Waals surface area contributed by atoms with E-state index in [-0.39, 0.29) is 35.9 Å². The molecule has 59 heavy (non-hydrogen) atoms. The van der Waals surface area contributed by atoms with Crippen LogP contribution in [0.15, 0.2) is 35.6 Å². The maximum atomic E-state index is 14.9. The van der Waals surface area contributed by atoms with Gasteiger partial charge in [0, 0.05) is 49.9 Å². The Morgan fingerprint density at radius 1 is 0.983 bits per heavy atom. The number of hydrogen-bond acceptors (Lipinski definition) is 8. The Balaban J connectivity index is 0.00000186. The summed E-state index contributed by atoms with van der Waals surface area (Å²) < 4.78 is 52.9. The number of fused-ring (bicyclic) bond motifs is 1. The number of rotatable bonds is 16. The Morgan fingerprint density at radius 2 is 1.68 bits per heavy atom. The van der Waals surface area contributed by atoms with E-state index < -0.39 is 23.1 Å². The first kappa shape index (κ1) is 47.9. The molecule has 11 nitrogen and oxygen atoms in total. The van der Waals surface area contributed by atoms with Gasteiger partial charge in [-0.25, -0.2) is 4.98 Å². The van der Waals surface area contributed by atoms with Crippen LogP contribution in [0.2, 0.25) is 0 Å². The molecule has 0 bridgehead atoms. The molecule has 3 amide bonds. The lowest BCUT2D eigenvalue weighted by atomic mass is 9.76. The molecule has 0 aliphatic carbocycles. The summed E-state index contributed by atoms with van der Waals surface area (Å²) in [6.45, 7) is 17.2. The third-order valence-corrected chi connectivity index (χ3v) is 12.3. The first-order chi connectivity index (χ1) is 28.3. The number of aromatic nitrogens is 4. The first-order valence-corrected chi connectivity index (χ1v) is 22.5. The van der Waals surface area contributed by atoms with Gasteiger partial charge in [-0.05, 0) is 79.7 Å². The number of hydrogen-bond donors (Lipinski definition) is 0. The normalized spacial score (nSPS) is 16.6. The van der Waals surface area contributed by atoms with Gasteiger partial charge < -0.3 is 13.8 Å². The number of carbonyl (C=O) groups is 3. The van der Waals surface area contributed by atoms with E-state index in [9.17, 15) is 27.6 Å². The number of nitrogens with zero attached hydrogens (tertiary/aromatic N) is 7. The molecule has 3 aliphatic rings. The van der Waals surface area contributed by atoms with Crippen molar-refractivity contribution >= 4 is 35.3 Å². The SMILES string of the molecule is CC.CC.CCSc1cc(C2(Cc3nncn3C)COC2)cc(N2Cc3c(cc(C[N+]4(CCCCCCN(C(C)=O)C(=O)CC)CCCCC4)cc3C(F)(F)F)C2=O)n1. The lowest BCUT2D eigenvalue weighted by molar-refractivity contribution is -0.945. The van der Waals surface area contributed by atoms with Gasteiger partial charge in [-0.1, -0.05) is 48.0 Å². The van der Waals surface area contributed by atoms with E-state index >= 15 is 0 Å². The van der Waals surface area contributed by atoms with Crippen molar-refractivity contribution in [2.75, 3.05) is 50.0 Å². The number of unbranched alkanes of at least 4 members (excludes halogenated alkanes) is 3. The largest absolute Gasteiger partial charge is 0.416 e. The Labute approximate surface area is 353 Å². The summed E-state index contributed by atoms with van der Waals surface area (Å²) in [7, 11) is 1.88. The molecule has 0 N–H and O–H groups in total. The number of aryl methyl sites for hydroxylation is 1. The van der Waals surface area contributed by atoms with Gasteiger partial charge in [-0.15, -0.1) is 22.0 Å². The number of ether oxygens (including phenoxy) is 1. The number of carbonyl (C=O) groups excluding carboxylic acids is 3. The van der Waals surface area contributed by atoms with Crippen molar-refractivity contribution in [1.82, 2.24) is 24.6 Å². The summed E-state index contributed by atoms with van der Waals surface area (Å²) >= 11 is 1.52. The Kier molecular flexibility index (Phi) is 17.5. The lowest BCUT2D eigenvalue weighted by Gasteiger charge is -2.42. The number of amides is 3. The van der Waals surface area contributed by atoms with E-state index in [2.05, 4.69) is 10.2 Å². The second kappa shape index (κ2) is 21.6. The monoisotopic (exact) mass is 844 g/mol. The van der Waals surface area contributed by atoms with Crippen LogP contribution >= 0.6 is 11.8 Å². The van der Waals surface area contributed by atoms with Crippen LogP contribution in [-0.4, -0.2) is 92.0 Å². The highest BCUT2D eigenvalue weighted by Crippen LogP contribution is 2.43. The van der Waals surface area contributed by atoms with Crippen molar-refractivity contribution < 1.29 is 36.8 Å². The molecular formula is C44H65F3N7O4S+. The summed E-state index contributed by atoms with van der Waals surface area (Å²) in [6.07, 6.45) is 4.28. The van der Waals surface area contributed by atoms with Gasteiger partial charge in [0.05, 0.1) is 50.0 Å². The molecule has 15 heteroatoms. The quantitative estimate of drug-likeness (QED) is 0.0799. The van der Waals surface area contributed by atoms with E-state index in [4.69, 9.17) is 9.72 Å². The highest BCUT2D eigenvalue weighted by Gasteiger charge is 2.45. The van der Waals surface area contributed by atoms with E-state index in [1.54, 1.807) is 19.3 Å². The van der Waals surface area contributed by atoms with E-state index in [0.29, 0.717) is 53.6 Å². The molecule has 0 saturated carbocycles. The number of quaternary nitrogens is 1. The van der Waals surface area contributed by atoms with Gasteiger partial charge in [0.15, 0.2) is 0 Å². The van der Waals surface area contributed by atoms with Crippen LogP contribution < -0.4 is 4.90 Å². The molecule has 0 unspecified atom stereocenters. The molecule has 2 saturated heterocycles. The van der Waals surface area contributed by atoms with Crippen LogP contribution in [0.25, 0.3) is 0 Å². The van der Waals surface area contributed by atoms with Crippen molar-refractivity contribution in [3.63, 3.8) is 0 Å². The summed E-state index contributed by atoms with van der Waals surface area (Å²) in [5.41, 5.74) is 0.325. The Hall–Kier alpha value is -3.82. The number of benzene rings is 1. The molecule has 6 rings (SSSR count). The first-order valence-electron chi connectivity index (χ1n) is 21.5. The molecule has 3 aromatic rings. The fraction of sp³-hybridized carbons (Fsp3) is 0.636. The van der Waals surface area contributed by atoms with Crippen molar-refractivity contribution in [2.24, 2.45) is 7.05 Å². The second-order valence-corrected chi connectivity index (χ2v) is 16.7. The number of piperidine rings is 1. The third-order valence-electron chi connectivity index (χ3n) is 11.5. The van der Waals surface area contributed by atoms with Crippen LogP contribution in [-0.2, 0) is 52.5 Å². The summed E-state index contributed by atoms with van der Waals surface area (Å²) in [5, 5.41) is 9.01. The maximum Gasteiger partial charge on any atom is 0.416 e. The molecule has 3 aliphatic heterocycles. The maximum absolute atomic E-state index is 14.9. The van der Waals surface area contributed by atoms with Crippen LogP contribution in [0.5, 0.6) is 0 Å². The summed E-state index contributed by atoms with van der Waals surface area (Å²) in [6, 6.07) is 6.81. The highest BCUT2D eigenvalue weighted by atomic mass is 32.2. The zero-order valence-corrected chi connectivity index (χ0v) is 37.2. The lowest BCUT2D eigenvalue weighted by Crippen LogP contribution is -2.51. The minimum atomic E-state index is -4.64. The topological polar surface area (TPSA) is 111 Å². The summed E-state index contributed by atoms with van der Waals surface area (Å²) in [5.74, 6) is 0.966. The Morgan fingerprint density at radius 3 is 2.25 bits per heavy atom. The molecule has 2 fully saturated rings. The van der Waals surface area contributed by atoms with Crippen LogP contribution in [0.1, 0.15) is 138 Å². The molecule has 2 aromatic heterocycles. The second-order valence-electron chi connectivity index (χ2n) is 15.4. The number of imide groups is 1. The van der Waals surface area contributed by atoms with E-state index in [1.807, 2.05) is 58.4 Å². The van der Waals surface area contributed by atoms with Gasteiger partial charge in [-0.2, -0.15) is 13.2 Å². The molecule has 0 atom stereocenters. The van der Waals surface area contributed by atoms with E-state index in [0.717, 1.165) is 81.7 Å². The zero-order valence-electron chi connectivity index (χ0n) is 36.4. The van der Waals surface area contributed by atoms with Crippen molar-refractivity contribution in [3.05, 3.63) is 64.2 Å². The molecular weight excluding hydrogens is 780 g/mol. The van der Waals surface area contributed by atoms with Crippen molar-refractivity contribution in [3.8, 4) is 0 Å². The standard InChI is InChI=1S/C40H53F3N7O4S.2C2H6/c1-5-37(52)48(28(3)51)14-10-7-8-11-15-50(16-12-9-13-17-50)24-29-18-31-32(33(19-29)40(41,42)43)23-49(38(31)53)34-20-30(21-36(45-34)55-6-2)39(25-54-26-39)22-35-46-44-27-47(35)4;2*1-2/h18-21,27H,5-17,22-26H2,1-4H3;2*1-2H3/q+1;;. The number of thioether (sulfide) groups is 1.